The van der Waals surface area contributed by atoms with Crippen molar-refractivity contribution in [3.8, 4) is 5.75 Å². The molecule has 0 heterocycles. The molecule has 3 N–H and O–H groups in total. The van der Waals surface area contributed by atoms with E-state index in [1.54, 1.807) is 0 Å². The minimum Gasteiger partial charge on any atom is -0.405 e. The lowest BCUT2D eigenvalue weighted by atomic mass is 10.1. The molecule has 1 aromatic rings. The van der Waals surface area contributed by atoms with Gasteiger partial charge in [0.15, 0.2) is 0 Å². The topological polar surface area (TPSA) is 55.5 Å². The summed E-state index contributed by atoms with van der Waals surface area (Å²) in [5, 5.41) is 9.57. The van der Waals surface area contributed by atoms with Crippen molar-refractivity contribution in [2.75, 3.05) is 6.54 Å². The van der Waals surface area contributed by atoms with Gasteiger partial charge in [-0.05, 0) is 19.0 Å². The third-order valence-electron chi connectivity index (χ3n) is 1.94. The van der Waals surface area contributed by atoms with E-state index >= 15 is 0 Å². The summed E-state index contributed by atoms with van der Waals surface area (Å²) in [5.41, 5.74) is 5.31. The first-order chi connectivity index (χ1) is 7.44. The van der Waals surface area contributed by atoms with E-state index in [-0.39, 0.29) is 18.5 Å². The van der Waals surface area contributed by atoms with Gasteiger partial charge in [0, 0.05) is 5.56 Å². The number of aliphatic hydroxyl groups excluding tert-OH is 1. The Labute approximate surface area is 90.6 Å². The molecule has 1 unspecified atom stereocenters. The maximum Gasteiger partial charge on any atom is 0.573 e. The van der Waals surface area contributed by atoms with Gasteiger partial charge in [-0.2, -0.15) is 0 Å². The second-order valence-corrected chi connectivity index (χ2v) is 3.18. The fraction of sp³-hybridized carbons (Fsp3) is 0.400. The molecule has 16 heavy (non-hydrogen) atoms. The van der Waals surface area contributed by atoms with Gasteiger partial charge in [0.25, 0.3) is 0 Å². The molecular weight excluding hydrogens is 223 g/mol. The van der Waals surface area contributed by atoms with Crippen molar-refractivity contribution in [3.63, 3.8) is 0 Å². The third-order valence-corrected chi connectivity index (χ3v) is 1.94. The number of rotatable bonds is 4. The van der Waals surface area contributed by atoms with Crippen molar-refractivity contribution in [2.45, 2.75) is 18.9 Å². The van der Waals surface area contributed by atoms with Crippen molar-refractivity contribution < 1.29 is 23.0 Å². The van der Waals surface area contributed by atoms with Crippen molar-refractivity contribution in [1.29, 1.82) is 0 Å². The van der Waals surface area contributed by atoms with Crippen LogP contribution in [0, 0.1) is 0 Å². The highest BCUT2D eigenvalue weighted by molar-refractivity contribution is 5.35. The summed E-state index contributed by atoms with van der Waals surface area (Å²) in [5.74, 6) is -0.393. The maximum atomic E-state index is 12.0. The highest BCUT2D eigenvalue weighted by Gasteiger charge is 2.32. The van der Waals surface area contributed by atoms with E-state index in [0.29, 0.717) is 0 Å². The predicted octanol–water partition coefficient (Wildman–Crippen LogP) is 1.97. The molecule has 0 saturated carbocycles. The zero-order valence-corrected chi connectivity index (χ0v) is 8.37. The van der Waals surface area contributed by atoms with Crippen LogP contribution in [-0.2, 0) is 0 Å². The van der Waals surface area contributed by atoms with Crippen LogP contribution in [0.3, 0.4) is 0 Å². The number of hydrogen-bond donors (Lipinski definition) is 2. The zero-order chi connectivity index (χ0) is 12.2. The second-order valence-electron chi connectivity index (χ2n) is 3.18. The van der Waals surface area contributed by atoms with Crippen LogP contribution in [0.25, 0.3) is 0 Å². The molecule has 0 amide bonds. The van der Waals surface area contributed by atoms with Gasteiger partial charge in [0.05, 0.1) is 6.10 Å². The fourth-order valence-corrected chi connectivity index (χ4v) is 1.29. The van der Waals surface area contributed by atoms with E-state index in [0.717, 1.165) is 6.07 Å². The van der Waals surface area contributed by atoms with Crippen LogP contribution in [0.15, 0.2) is 24.3 Å². The number of halogens is 3. The van der Waals surface area contributed by atoms with Crippen LogP contribution in [-0.4, -0.2) is 18.0 Å². The van der Waals surface area contributed by atoms with Gasteiger partial charge in [0.2, 0.25) is 0 Å². The Balaban J connectivity index is 2.91. The first-order valence-electron chi connectivity index (χ1n) is 4.67. The van der Waals surface area contributed by atoms with Crippen molar-refractivity contribution in [1.82, 2.24) is 0 Å². The Morgan fingerprint density at radius 2 is 1.94 bits per heavy atom. The minimum absolute atomic E-state index is 0.0882. The van der Waals surface area contributed by atoms with Crippen LogP contribution >= 0.6 is 0 Å². The van der Waals surface area contributed by atoms with E-state index in [1.165, 1.54) is 18.2 Å². The van der Waals surface area contributed by atoms with E-state index in [4.69, 9.17) is 5.73 Å². The van der Waals surface area contributed by atoms with E-state index in [2.05, 4.69) is 4.74 Å². The average Bonchev–Trinajstić information content (AvgIpc) is 2.16. The number of hydrogen-bond acceptors (Lipinski definition) is 3. The molecule has 0 saturated heterocycles. The largest absolute Gasteiger partial charge is 0.573 e. The first-order valence-corrected chi connectivity index (χ1v) is 4.67. The van der Waals surface area contributed by atoms with Crippen LogP contribution in [0.4, 0.5) is 13.2 Å². The molecule has 0 aliphatic carbocycles. The average molecular weight is 235 g/mol. The lowest BCUT2D eigenvalue weighted by Gasteiger charge is -2.16. The normalized spacial score (nSPS) is 13.6. The minimum atomic E-state index is -4.77. The fourth-order valence-electron chi connectivity index (χ4n) is 1.29. The summed E-state index contributed by atoms with van der Waals surface area (Å²) in [6.07, 6.45) is -5.64. The molecule has 0 bridgehead atoms. The molecule has 0 spiro atoms. The van der Waals surface area contributed by atoms with Gasteiger partial charge in [-0.15, -0.1) is 13.2 Å². The summed E-state index contributed by atoms with van der Waals surface area (Å²) in [4.78, 5) is 0. The Morgan fingerprint density at radius 1 is 1.31 bits per heavy atom. The Hall–Kier alpha value is -1.27. The van der Waals surface area contributed by atoms with Gasteiger partial charge in [-0.1, -0.05) is 18.2 Å². The van der Waals surface area contributed by atoms with Gasteiger partial charge >= 0.3 is 6.36 Å². The van der Waals surface area contributed by atoms with Gasteiger partial charge < -0.3 is 15.6 Å². The molecule has 1 aromatic carbocycles. The van der Waals surface area contributed by atoms with Crippen LogP contribution in [0.1, 0.15) is 18.1 Å². The van der Waals surface area contributed by atoms with E-state index in [9.17, 15) is 18.3 Å². The summed E-state index contributed by atoms with van der Waals surface area (Å²) in [6, 6.07) is 5.46. The molecule has 6 heteroatoms. The smallest absolute Gasteiger partial charge is 0.405 e. The summed E-state index contributed by atoms with van der Waals surface area (Å²) < 4.78 is 39.9. The molecular formula is C10H12F3NO2. The molecule has 0 fully saturated rings. The molecule has 90 valence electrons. The standard InChI is InChI=1S/C10H12F3NO2/c11-10(12,13)16-9-4-2-1-3-7(9)8(15)5-6-14/h1-4,8,15H,5-6,14H2. The summed E-state index contributed by atoms with van der Waals surface area (Å²) in [7, 11) is 0. The van der Waals surface area contributed by atoms with Crippen molar-refractivity contribution in [3.05, 3.63) is 29.8 Å². The SMILES string of the molecule is NCCC(O)c1ccccc1OC(F)(F)F. The van der Waals surface area contributed by atoms with Gasteiger partial charge in [0.1, 0.15) is 5.75 Å². The van der Waals surface area contributed by atoms with Gasteiger partial charge in [-0.3, -0.25) is 0 Å². The number of para-hydroxylation sites is 1. The molecule has 1 atom stereocenters. The molecule has 3 nitrogen and oxygen atoms in total. The Kier molecular flexibility index (Phi) is 4.14. The molecule has 0 radical (unpaired) electrons. The second kappa shape index (κ2) is 5.18. The Morgan fingerprint density at radius 3 is 2.50 bits per heavy atom. The quantitative estimate of drug-likeness (QED) is 0.838. The van der Waals surface area contributed by atoms with E-state index in [1.807, 2.05) is 0 Å². The molecule has 0 aliphatic rings. The maximum absolute atomic E-state index is 12.0. The monoisotopic (exact) mass is 235 g/mol. The van der Waals surface area contributed by atoms with E-state index < -0.39 is 18.2 Å². The van der Waals surface area contributed by atoms with Crippen LogP contribution in [0.2, 0.25) is 0 Å². The third kappa shape index (κ3) is 3.71. The Bertz CT molecular complexity index is 341. The van der Waals surface area contributed by atoms with Crippen molar-refractivity contribution >= 4 is 0 Å². The number of aliphatic hydroxyl groups is 1. The summed E-state index contributed by atoms with van der Waals surface area (Å²) >= 11 is 0. The number of nitrogens with two attached hydrogens (primary N) is 1. The zero-order valence-electron chi connectivity index (χ0n) is 8.37. The van der Waals surface area contributed by atoms with Crippen LogP contribution in [0.5, 0.6) is 5.75 Å². The lowest BCUT2D eigenvalue weighted by molar-refractivity contribution is -0.275. The van der Waals surface area contributed by atoms with Gasteiger partial charge in [-0.25, -0.2) is 0 Å². The molecule has 1 rings (SSSR count). The molecule has 0 aliphatic heterocycles. The highest BCUT2D eigenvalue weighted by Crippen LogP contribution is 2.31. The van der Waals surface area contributed by atoms with Crippen LogP contribution < -0.4 is 10.5 Å². The highest BCUT2D eigenvalue weighted by atomic mass is 19.4. The molecule has 0 aromatic heterocycles. The van der Waals surface area contributed by atoms with Crippen molar-refractivity contribution in [2.24, 2.45) is 5.73 Å². The first kappa shape index (κ1) is 12.8. The lowest BCUT2D eigenvalue weighted by Crippen LogP contribution is -2.19. The number of alkyl halides is 3. The summed E-state index contributed by atoms with van der Waals surface area (Å²) in [6.45, 7) is 0.182. The predicted molar refractivity (Wildman–Crippen MR) is 51.8 cm³/mol. The number of ether oxygens (including phenoxy) is 1. The number of benzene rings is 1.